The monoisotopic (exact) mass is 319 g/mol. The molecule has 0 aromatic heterocycles. The van der Waals surface area contributed by atoms with Gasteiger partial charge < -0.3 is 19.1 Å². The van der Waals surface area contributed by atoms with Crippen molar-refractivity contribution >= 4 is 5.91 Å². The maximum Gasteiger partial charge on any atom is 0.266 e. The molecule has 0 N–H and O–H groups in total. The Morgan fingerprint density at radius 1 is 1.13 bits per heavy atom. The maximum atomic E-state index is 12.8. The Bertz CT molecular complexity index is 551. The van der Waals surface area contributed by atoms with Crippen LogP contribution < -0.4 is 4.74 Å². The first-order valence-corrected chi connectivity index (χ1v) is 8.23. The number of carbonyl (C=O) groups is 1. The van der Waals surface area contributed by atoms with E-state index in [1.165, 1.54) is 5.56 Å². The van der Waals surface area contributed by atoms with Crippen LogP contribution in [0, 0.1) is 6.92 Å². The number of benzene rings is 1. The lowest BCUT2D eigenvalue weighted by Gasteiger charge is -2.40. The number of ether oxygens (including phenoxy) is 3. The quantitative estimate of drug-likeness (QED) is 0.859. The van der Waals surface area contributed by atoms with Crippen LogP contribution in [0.15, 0.2) is 24.3 Å². The van der Waals surface area contributed by atoms with Crippen LogP contribution in [-0.4, -0.2) is 48.5 Å². The molecule has 0 unspecified atom stereocenters. The van der Waals surface area contributed by atoms with Crippen molar-refractivity contribution in [1.82, 2.24) is 4.90 Å². The van der Waals surface area contributed by atoms with E-state index < -0.39 is 11.4 Å². The highest BCUT2D eigenvalue weighted by atomic mass is 16.7. The number of carbonyl (C=O) groups excluding carboxylic acids is 1. The largest absolute Gasteiger partial charge is 0.478 e. The maximum absolute atomic E-state index is 12.8. The Morgan fingerprint density at radius 2 is 1.70 bits per heavy atom. The fourth-order valence-electron chi connectivity index (χ4n) is 3.16. The Kier molecular flexibility index (Phi) is 4.34. The molecular formula is C18H25NO4. The third kappa shape index (κ3) is 3.51. The molecule has 0 bridgehead atoms. The minimum atomic E-state index is -0.892. The second-order valence-corrected chi connectivity index (χ2v) is 6.83. The van der Waals surface area contributed by atoms with Crippen molar-refractivity contribution in [3.8, 4) is 5.75 Å². The van der Waals surface area contributed by atoms with E-state index in [2.05, 4.69) is 0 Å². The molecule has 2 saturated heterocycles. The van der Waals surface area contributed by atoms with Gasteiger partial charge in [0.2, 0.25) is 0 Å². The van der Waals surface area contributed by atoms with Gasteiger partial charge in [-0.05, 0) is 32.9 Å². The highest BCUT2D eigenvalue weighted by molar-refractivity contribution is 5.85. The van der Waals surface area contributed by atoms with Gasteiger partial charge in [0.25, 0.3) is 5.91 Å². The van der Waals surface area contributed by atoms with Crippen LogP contribution in [-0.2, 0) is 14.3 Å². The zero-order chi connectivity index (χ0) is 16.5. The van der Waals surface area contributed by atoms with Crippen LogP contribution in [0.1, 0.15) is 32.3 Å². The van der Waals surface area contributed by atoms with Gasteiger partial charge in [-0.3, -0.25) is 4.79 Å². The SMILES string of the molecule is Cc1ccc(OC(C)(C)C(=O)N2CCC3(CC2)OCCO3)cc1. The molecule has 23 heavy (non-hydrogen) atoms. The first-order chi connectivity index (χ1) is 10.9. The van der Waals surface area contributed by atoms with E-state index in [1.807, 2.05) is 49.9 Å². The third-order valence-corrected chi connectivity index (χ3v) is 4.54. The van der Waals surface area contributed by atoms with Crippen LogP contribution in [0.3, 0.4) is 0 Å². The molecule has 0 saturated carbocycles. The number of rotatable bonds is 3. The number of piperidine rings is 1. The van der Waals surface area contributed by atoms with Gasteiger partial charge >= 0.3 is 0 Å². The summed E-state index contributed by atoms with van der Waals surface area (Å²) >= 11 is 0. The lowest BCUT2D eigenvalue weighted by molar-refractivity contribution is -0.190. The van der Waals surface area contributed by atoms with Gasteiger partial charge in [0.15, 0.2) is 11.4 Å². The first-order valence-electron chi connectivity index (χ1n) is 8.23. The molecule has 5 heteroatoms. The molecule has 5 nitrogen and oxygen atoms in total. The predicted octanol–water partition coefficient (Wildman–Crippen LogP) is 2.52. The number of likely N-dealkylation sites (tertiary alicyclic amines) is 1. The summed E-state index contributed by atoms with van der Waals surface area (Å²) in [7, 11) is 0. The Labute approximate surface area is 137 Å². The van der Waals surface area contributed by atoms with Crippen molar-refractivity contribution in [3.63, 3.8) is 0 Å². The average molecular weight is 319 g/mol. The van der Waals surface area contributed by atoms with Crippen LogP contribution in [0.25, 0.3) is 0 Å². The van der Waals surface area contributed by atoms with Crippen molar-refractivity contribution < 1.29 is 19.0 Å². The number of aryl methyl sites for hydroxylation is 1. The van der Waals surface area contributed by atoms with Gasteiger partial charge in [0.1, 0.15) is 5.75 Å². The van der Waals surface area contributed by atoms with E-state index >= 15 is 0 Å². The minimum Gasteiger partial charge on any atom is -0.478 e. The lowest BCUT2D eigenvalue weighted by Crippen LogP contribution is -2.54. The summed E-state index contributed by atoms with van der Waals surface area (Å²) in [5, 5.41) is 0. The molecule has 0 atom stereocenters. The molecule has 3 rings (SSSR count). The Balaban J connectivity index is 1.61. The molecule has 1 amide bonds. The van der Waals surface area contributed by atoms with Crippen molar-refractivity contribution in [2.24, 2.45) is 0 Å². The topological polar surface area (TPSA) is 48.0 Å². The highest BCUT2D eigenvalue weighted by Gasteiger charge is 2.43. The highest BCUT2D eigenvalue weighted by Crippen LogP contribution is 2.32. The molecule has 1 aromatic rings. The van der Waals surface area contributed by atoms with Gasteiger partial charge in [-0.2, -0.15) is 0 Å². The predicted molar refractivity (Wildman–Crippen MR) is 86.3 cm³/mol. The summed E-state index contributed by atoms with van der Waals surface area (Å²) in [6, 6.07) is 7.76. The summed E-state index contributed by atoms with van der Waals surface area (Å²) in [5.74, 6) is 0.259. The lowest BCUT2D eigenvalue weighted by atomic mass is 10.0. The Morgan fingerprint density at radius 3 is 2.26 bits per heavy atom. The minimum absolute atomic E-state index is 0.00548. The summed E-state index contributed by atoms with van der Waals surface area (Å²) in [4.78, 5) is 14.7. The van der Waals surface area contributed by atoms with Gasteiger partial charge in [-0.1, -0.05) is 17.7 Å². The second kappa shape index (κ2) is 6.13. The van der Waals surface area contributed by atoms with Crippen LogP contribution in [0.4, 0.5) is 0 Å². The summed E-state index contributed by atoms with van der Waals surface area (Å²) in [6.45, 7) is 8.24. The zero-order valence-corrected chi connectivity index (χ0v) is 14.1. The Hall–Kier alpha value is -1.59. The van der Waals surface area contributed by atoms with Gasteiger partial charge in [0, 0.05) is 25.9 Å². The standard InChI is InChI=1S/C18H25NO4/c1-14-4-6-15(7-5-14)23-17(2,3)16(20)19-10-8-18(9-11-19)21-12-13-22-18/h4-7H,8-13H2,1-3H3. The van der Waals surface area contributed by atoms with E-state index in [4.69, 9.17) is 14.2 Å². The van der Waals surface area contributed by atoms with E-state index in [9.17, 15) is 4.79 Å². The molecule has 2 aliphatic rings. The molecule has 0 aliphatic carbocycles. The van der Waals surface area contributed by atoms with E-state index in [0.717, 1.165) is 12.8 Å². The number of nitrogens with zero attached hydrogens (tertiary/aromatic N) is 1. The van der Waals surface area contributed by atoms with Gasteiger partial charge in [0.05, 0.1) is 13.2 Å². The fourth-order valence-corrected chi connectivity index (χ4v) is 3.16. The van der Waals surface area contributed by atoms with Crippen molar-refractivity contribution in [2.75, 3.05) is 26.3 Å². The molecule has 2 fully saturated rings. The molecule has 2 aliphatic heterocycles. The zero-order valence-electron chi connectivity index (χ0n) is 14.1. The van der Waals surface area contributed by atoms with E-state index in [-0.39, 0.29) is 5.91 Å². The number of amides is 1. The number of hydrogen-bond donors (Lipinski definition) is 0. The second-order valence-electron chi connectivity index (χ2n) is 6.83. The van der Waals surface area contributed by atoms with Gasteiger partial charge in [-0.15, -0.1) is 0 Å². The molecule has 2 heterocycles. The molecule has 1 aromatic carbocycles. The molecule has 1 spiro atoms. The fraction of sp³-hybridized carbons (Fsp3) is 0.611. The average Bonchev–Trinajstić information content (AvgIpc) is 2.98. The third-order valence-electron chi connectivity index (χ3n) is 4.54. The number of hydrogen-bond acceptors (Lipinski definition) is 4. The first kappa shape index (κ1) is 16.3. The van der Waals surface area contributed by atoms with Crippen LogP contribution >= 0.6 is 0 Å². The van der Waals surface area contributed by atoms with Crippen molar-refractivity contribution in [2.45, 2.75) is 45.0 Å². The molecule has 126 valence electrons. The molecule has 0 radical (unpaired) electrons. The summed E-state index contributed by atoms with van der Waals surface area (Å²) in [5.41, 5.74) is 0.274. The smallest absolute Gasteiger partial charge is 0.266 e. The van der Waals surface area contributed by atoms with Gasteiger partial charge in [-0.25, -0.2) is 0 Å². The summed E-state index contributed by atoms with van der Waals surface area (Å²) < 4.78 is 17.4. The van der Waals surface area contributed by atoms with Crippen LogP contribution in [0.2, 0.25) is 0 Å². The molecular weight excluding hydrogens is 294 g/mol. The van der Waals surface area contributed by atoms with Crippen molar-refractivity contribution in [3.05, 3.63) is 29.8 Å². The van der Waals surface area contributed by atoms with Crippen LogP contribution in [0.5, 0.6) is 5.75 Å². The normalized spacial score (nSPS) is 20.7. The van der Waals surface area contributed by atoms with E-state index in [1.54, 1.807) is 0 Å². The van der Waals surface area contributed by atoms with E-state index in [0.29, 0.717) is 32.1 Å². The summed E-state index contributed by atoms with van der Waals surface area (Å²) in [6.07, 6.45) is 1.44. The van der Waals surface area contributed by atoms with Crippen molar-refractivity contribution in [1.29, 1.82) is 0 Å².